The molecule has 3 heterocycles. The molecule has 8 aromatic carbocycles. The molecule has 0 unspecified atom stereocenters. The number of imidazole rings is 1. The number of pyridine rings is 1. The van der Waals surface area contributed by atoms with Crippen molar-refractivity contribution in [1.82, 2.24) is 14.1 Å². The van der Waals surface area contributed by atoms with E-state index < -0.39 is 18.1 Å². The van der Waals surface area contributed by atoms with Gasteiger partial charge in [0.2, 0.25) is 0 Å². The van der Waals surface area contributed by atoms with E-state index in [-0.39, 0.29) is 77.1 Å². The van der Waals surface area contributed by atoms with Gasteiger partial charge in [-0.15, -0.1) is 23.6 Å². The fourth-order valence-electron chi connectivity index (χ4n) is 10.5. The van der Waals surface area contributed by atoms with Gasteiger partial charge in [-0.2, -0.15) is 18.2 Å². The van der Waals surface area contributed by atoms with Crippen LogP contribution >= 0.6 is 0 Å². The third-order valence-electron chi connectivity index (χ3n) is 15.3. The molecule has 0 saturated heterocycles. The van der Waals surface area contributed by atoms with Gasteiger partial charge in [0.1, 0.15) is 5.82 Å². The van der Waals surface area contributed by atoms with E-state index in [0.29, 0.717) is 22.8 Å². The van der Waals surface area contributed by atoms with Crippen molar-refractivity contribution in [2.45, 2.75) is 131 Å². The number of hydrogen-bond acceptors (Lipinski definition) is 2. The van der Waals surface area contributed by atoms with Crippen LogP contribution in [0.4, 0.5) is 0 Å². The number of fused-ring (bicyclic) bond motifs is 4. The summed E-state index contributed by atoms with van der Waals surface area (Å²) in [5, 5.41) is 1.62. The monoisotopic (exact) mass is 1230 g/mol. The van der Waals surface area contributed by atoms with E-state index in [0.717, 1.165) is 60.8 Å². The van der Waals surface area contributed by atoms with Crippen LogP contribution in [-0.4, -0.2) is 14.1 Å². The molecule has 0 atom stereocenters. The molecule has 0 aliphatic heterocycles. The maximum Gasteiger partial charge on any atom is 0.268 e. The van der Waals surface area contributed by atoms with Gasteiger partial charge in [-0.1, -0.05) is 248 Å². The van der Waals surface area contributed by atoms with E-state index in [9.17, 15) is 2.74 Å². The van der Waals surface area contributed by atoms with Crippen molar-refractivity contribution in [3.05, 3.63) is 222 Å². The molecule has 0 N–H and O–H groups in total. The van der Waals surface area contributed by atoms with Gasteiger partial charge in [-0.3, -0.25) is 4.57 Å². The summed E-state index contributed by atoms with van der Waals surface area (Å²) < 4.78 is 57.9. The summed E-state index contributed by atoms with van der Waals surface area (Å²) in [6.07, 6.45) is 5.70. The number of rotatable bonds is 8. The van der Waals surface area contributed by atoms with Gasteiger partial charge in [0.25, 0.3) is 6.33 Å². The molecule has 0 saturated carbocycles. The van der Waals surface area contributed by atoms with Crippen LogP contribution in [0, 0.1) is 18.5 Å². The summed E-state index contributed by atoms with van der Waals surface area (Å²) in [4.78, 5) is 4.90. The molecule has 0 amide bonds. The van der Waals surface area contributed by atoms with Crippen molar-refractivity contribution in [2.24, 2.45) is 0 Å². The molecule has 3 aromatic heterocycles. The molecular formula is C74H74N4OPt-2. The minimum atomic E-state index is -0.480. The minimum Gasteiger partial charge on any atom is -0.509 e. The summed E-state index contributed by atoms with van der Waals surface area (Å²) in [7, 11) is 0. The smallest absolute Gasteiger partial charge is 0.268 e. The molecule has 80 heavy (non-hydrogen) atoms. The molecule has 11 aromatic rings. The summed E-state index contributed by atoms with van der Waals surface area (Å²) in [5.74, 6) is 1.15. The van der Waals surface area contributed by atoms with Crippen molar-refractivity contribution >= 4 is 32.8 Å². The predicted molar refractivity (Wildman–Crippen MR) is 330 cm³/mol. The second-order valence-corrected chi connectivity index (χ2v) is 26.3. The summed E-state index contributed by atoms with van der Waals surface area (Å²) in [6.45, 7) is 33.9. The zero-order chi connectivity index (χ0) is 60.3. The van der Waals surface area contributed by atoms with Gasteiger partial charge in [0, 0.05) is 44.3 Å². The third kappa shape index (κ3) is 10.7. The quantitative estimate of drug-likeness (QED) is 0.112. The van der Waals surface area contributed by atoms with Crippen LogP contribution < -0.4 is 9.30 Å². The second-order valence-electron chi connectivity index (χ2n) is 26.3. The summed E-state index contributed by atoms with van der Waals surface area (Å²) in [5.41, 5.74) is 15.1. The summed E-state index contributed by atoms with van der Waals surface area (Å²) >= 11 is 0. The van der Waals surface area contributed by atoms with E-state index in [2.05, 4.69) is 210 Å². The van der Waals surface area contributed by atoms with Gasteiger partial charge >= 0.3 is 0 Å². The topological polar surface area (TPSA) is 35.9 Å². The normalized spacial score (nSPS) is 13.5. The van der Waals surface area contributed by atoms with Crippen molar-refractivity contribution in [1.29, 1.82) is 0 Å². The van der Waals surface area contributed by atoms with Crippen molar-refractivity contribution in [3.8, 4) is 62.1 Å². The van der Waals surface area contributed by atoms with Gasteiger partial charge < -0.3 is 13.9 Å². The molecule has 408 valence electrons. The molecular weight excluding hydrogens is 1160 g/mol. The van der Waals surface area contributed by atoms with Crippen LogP contribution in [0.3, 0.4) is 0 Å². The maximum absolute atomic E-state index is 9.25. The van der Waals surface area contributed by atoms with Crippen LogP contribution in [-0.2, 0) is 48.1 Å². The molecule has 0 bridgehead atoms. The average molecular weight is 1240 g/mol. The Morgan fingerprint density at radius 2 is 1.02 bits per heavy atom. The van der Waals surface area contributed by atoms with Crippen LogP contribution in [0.2, 0.25) is 0 Å². The van der Waals surface area contributed by atoms with Gasteiger partial charge in [0.15, 0.2) is 0 Å². The van der Waals surface area contributed by atoms with Crippen LogP contribution in [0.5, 0.6) is 11.5 Å². The Morgan fingerprint density at radius 1 is 0.487 bits per heavy atom. The molecule has 0 aliphatic carbocycles. The van der Waals surface area contributed by atoms with Crippen LogP contribution in [0.25, 0.3) is 83.4 Å². The first kappa shape index (κ1) is 49.7. The first-order valence-electron chi connectivity index (χ1n) is 30.0. The number of nitrogens with zero attached hydrogens (tertiary/aromatic N) is 4. The molecule has 0 spiro atoms. The first-order valence-corrected chi connectivity index (χ1v) is 27.5. The first-order chi connectivity index (χ1) is 39.4. The van der Waals surface area contributed by atoms with Crippen molar-refractivity contribution in [3.63, 3.8) is 0 Å². The van der Waals surface area contributed by atoms with E-state index in [1.165, 1.54) is 22.3 Å². The number of para-hydroxylation sites is 4. The zero-order valence-electron chi connectivity index (χ0n) is 53.9. The Labute approximate surface area is 496 Å². The molecule has 0 radical (unpaired) electrons. The minimum absolute atomic E-state index is 0. The molecule has 5 nitrogen and oxygen atoms in total. The zero-order valence-corrected chi connectivity index (χ0v) is 51.1. The van der Waals surface area contributed by atoms with Gasteiger partial charge in [-0.05, 0) is 106 Å². The van der Waals surface area contributed by atoms with E-state index in [1.54, 1.807) is 0 Å². The molecule has 0 fully saturated rings. The Kier molecular flexibility index (Phi) is 12.8. The Balaban J connectivity index is 0.00000803. The summed E-state index contributed by atoms with van der Waals surface area (Å²) in [6, 6.07) is 54.0. The Bertz CT molecular complexity index is 4250. The van der Waals surface area contributed by atoms with Crippen molar-refractivity contribution in [2.75, 3.05) is 0 Å². The van der Waals surface area contributed by atoms with E-state index in [1.807, 2.05) is 71.4 Å². The number of hydrogen-bond donors (Lipinski definition) is 0. The van der Waals surface area contributed by atoms with Crippen LogP contribution in [0.1, 0.15) is 139 Å². The average Bonchev–Trinajstić information content (AvgIpc) is 4.25. The predicted octanol–water partition coefficient (Wildman–Crippen LogP) is 19.1. The Morgan fingerprint density at radius 3 is 1.60 bits per heavy atom. The number of ether oxygens (including phenoxy) is 1. The van der Waals surface area contributed by atoms with Crippen LogP contribution in [0.15, 0.2) is 176 Å². The maximum atomic E-state index is 9.25. The van der Waals surface area contributed by atoms with Gasteiger partial charge in [-0.25, -0.2) is 4.98 Å². The fraction of sp³-hybridized carbons (Fsp3) is 0.270. The molecule has 11 rings (SSSR count). The fourth-order valence-corrected chi connectivity index (χ4v) is 10.5. The third-order valence-corrected chi connectivity index (χ3v) is 15.3. The van der Waals surface area contributed by atoms with E-state index >= 15 is 0 Å². The molecule has 6 heteroatoms. The van der Waals surface area contributed by atoms with Gasteiger partial charge in [0.05, 0.1) is 23.6 Å². The standard InChI is InChI=1S/C74H74N4O.Pt/c1-70(2,3)51-35-36-75-68(43-51)78-63-32-20-19-29-60(63)62-45-61(48-25-17-16-18-26-48)67(46-66(62)78)79-57-28-23-27-56(44-57)76-47-77(65-34-22-21-33-64(65)76)69-58(49-37-52(71(4,5)6)41-53(38-49)72(7,8)9)30-24-31-59(69)50-39-54(73(10,11)12)42-55(40-50)74(13,14)15;/h16-43,45H,1-15H3;/q-2;/i16D,17D,18D,25D,26D;. The molecule has 0 aliphatic rings. The Hall–Kier alpha value is -7.33. The SMILES string of the molecule is [2H]c1c([2H])c([2H])c(-c2cc3c4ccccc4n(-c4cc(C(C)(C)C)ccn4)c3[c-]c2Oc2[c-]c(-n3[c-][n+](-c4c(-c5cc(C(C)(C)C)cc(C(C)(C)C)c5)cccc4-c4cc(C(C)(C)C)cc(C(C)(C)C)c4)c4ccccc43)ccc2)c([2H])c1[2H].[Pt]. The largest absolute Gasteiger partial charge is 0.509 e. The number of benzene rings is 8. The number of aromatic nitrogens is 4. The second kappa shape index (κ2) is 20.6. The van der Waals surface area contributed by atoms with E-state index in [4.69, 9.17) is 13.8 Å². The van der Waals surface area contributed by atoms with Crippen molar-refractivity contribution < 1.29 is 37.2 Å².